The molecule has 12 heteroatoms. The van der Waals surface area contributed by atoms with E-state index in [0.29, 0.717) is 5.02 Å². The van der Waals surface area contributed by atoms with Gasteiger partial charge in [-0.3, -0.25) is 9.59 Å². The normalized spacial score (nSPS) is 16.6. The smallest absolute Gasteiger partial charge is 0.252 e. The maximum Gasteiger partial charge on any atom is 0.252 e. The van der Waals surface area contributed by atoms with E-state index in [1.54, 1.807) is 42.5 Å². The lowest BCUT2D eigenvalue weighted by Crippen LogP contribution is -2.46. The van der Waals surface area contributed by atoms with Crippen molar-refractivity contribution in [2.45, 2.75) is 28.7 Å². The lowest BCUT2D eigenvalue weighted by Gasteiger charge is -2.27. The molecule has 36 heavy (non-hydrogen) atoms. The van der Waals surface area contributed by atoms with Crippen LogP contribution in [-0.2, 0) is 36.1 Å². The quantitative estimate of drug-likeness (QED) is 0.431. The first-order valence-corrected chi connectivity index (χ1v) is 14.2. The van der Waals surface area contributed by atoms with Crippen molar-refractivity contribution >= 4 is 49.1 Å². The van der Waals surface area contributed by atoms with Gasteiger partial charge in [-0.15, -0.1) is 0 Å². The van der Waals surface area contributed by atoms with Gasteiger partial charge in [-0.2, -0.15) is 4.31 Å². The van der Waals surface area contributed by atoms with Gasteiger partial charge < -0.3 is 0 Å². The van der Waals surface area contributed by atoms with Gasteiger partial charge in [0.1, 0.15) is 6.04 Å². The standard InChI is InChI=1S/C24H22ClN3O6S2/c25-18-6-4-5-17(15-18)13-14-27(36(33,34)21-7-2-1-3-8-21)22-16-23(29)28(24(22)30)19-9-11-20(12-10-19)35(26,31)32/h1-12,15,22H,13-14,16H2,(H2,26,31,32). The van der Waals surface area contributed by atoms with Crippen LogP contribution in [0.1, 0.15) is 12.0 Å². The van der Waals surface area contributed by atoms with Crippen LogP contribution in [0, 0.1) is 0 Å². The van der Waals surface area contributed by atoms with Crippen LogP contribution in [0.15, 0.2) is 88.7 Å². The van der Waals surface area contributed by atoms with E-state index in [1.807, 2.05) is 0 Å². The molecule has 1 heterocycles. The van der Waals surface area contributed by atoms with Crippen LogP contribution in [0.5, 0.6) is 0 Å². The highest BCUT2D eigenvalue weighted by Crippen LogP contribution is 2.30. The second-order valence-corrected chi connectivity index (χ2v) is 12.0. The van der Waals surface area contributed by atoms with Crippen LogP contribution in [0.4, 0.5) is 5.69 Å². The average molecular weight is 548 g/mol. The van der Waals surface area contributed by atoms with E-state index >= 15 is 0 Å². The first kappa shape index (κ1) is 26.0. The minimum Gasteiger partial charge on any atom is -0.274 e. The van der Waals surface area contributed by atoms with Crippen molar-refractivity contribution in [2.75, 3.05) is 11.4 Å². The number of anilines is 1. The molecule has 0 aromatic heterocycles. The number of imide groups is 1. The Morgan fingerprint density at radius 2 is 1.56 bits per heavy atom. The fourth-order valence-corrected chi connectivity index (χ4v) is 6.33. The SMILES string of the molecule is NS(=O)(=O)c1ccc(N2C(=O)CC(N(CCc3cccc(Cl)c3)S(=O)(=O)c3ccccc3)C2=O)cc1. The molecule has 1 unspecified atom stereocenters. The summed E-state index contributed by atoms with van der Waals surface area (Å²) < 4.78 is 51.3. The molecule has 0 aliphatic carbocycles. The van der Waals surface area contributed by atoms with Gasteiger partial charge in [0.15, 0.2) is 0 Å². The monoisotopic (exact) mass is 547 g/mol. The van der Waals surface area contributed by atoms with Crippen molar-refractivity contribution in [2.24, 2.45) is 5.14 Å². The van der Waals surface area contributed by atoms with Gasteiger partial charge in [0.25, 0.3) is 5.91 Å². The van der Waals surface area contributed by atoms with Gasteiger partial charge in [-0.05, 0) is 60.5 Å². The van der Waals surface area contributed by atoms with Gasteiger partial charge in [-0.25, -0.2) is 26.9 Å². The van der Waals surface area contributed by atoms with Gasteiger partial charge in [0.2, 0.25) is 26.0 Å². The van der Waals surface area contributed by atoms with Crippen molar-refractivity contribution in [3.8, 4) is 0 Å². The number of rotatable bonds is 8. The molecule has 0 bridgehead atoms. The number of primary sulfonamides is 1. The molecule has 3 aromatic carbocycles. The lowest BCUT2D eigenvalue weighted by molar-refractivity contribution is -0.122. The van der Waals surface area contributed by atoms with Gasteiger partial charge in [-0.1, -0.05) is 41.9 Å². The summed E-state index contributed by atoms with van der Waals surface area (Å²) in [5.74, 6) is -1.33. The summed E-state index contributed by atoms with van der Waals surface area (Å²) in [6, 6.07) is 18.2. The number of sulfonamides is 2. The zero-order valence-electron chi connectivity index (χ0n) is 18.8. The lowest BCUT2D eigenvalue weighted by atomic mass is 10.1. The number of amides is 2. The van der Waals surface area contributed by atoms with E-state index in [9.17, 15) is 26.4 Å². The van der Waals surface area contributed by atoms with Crippen molar-refractivity contribution in [3.63, 3.8) is 0 Å². The predicted octanol–water partition coefficient (Wildman–Crippen LogP) is 2.55. The van der Waals surface area contributed by atoms with Crippen LogP contribution in [-0.4, -0.2) is 45.5 Å². The highest BCUT2D eigenvalue weighted by Gasteiger charge is 2.46. The molecule has 9 nitrogen and oxygen atoms in total. The Morgan fingerprint density at radius 3 is 2.17 bits per heavy atom. The molecule has 0 radical (unpaired) electrons. The maximum atomic E-state index is 13.6. The Labute approximate surface area is 214 Å². The molecule has 1 fully saturated rings. The number of hydrogen-bond donors (Lipinski definition) is 1. The minimum absolute atomic E-state index is 0.00713. The van der Waals surface area contributed by atoms with E-state index in [2.05, 4.69) is 0 Å². The van der Waals surface area contributed by atoms with E-state index in [0.717, 1.165) is 14.8 Å². The number of nitrogens with two attached hydrogens (primary N) is 1. The van der Waals surface area contributed by atoms with Crippen LogP contribution in [0.2, 0.25) is 5.02 Å². The summed E-state index contributed by atoms with van der Waals surface area (Å²) in [6.45, 7) is -0.0700. The summed E-state index contributed by atoms with van der Waals surface area (Å²) in [6.07, 6.45) is -0.106. The number of hydrogen-bond acceptors (Lipinski definition) is 6. The van der Waals surface area contributed by atoms with Crippen molar-refractivity contribution in [3.05, 3.63) is 89.4 Å². The first-order valence-electron chi connectivity index (χ1n) is 10.8. The molecule has 1 atom stereocenters. The molecule has 0 saturated carbocycles. The Morgan fingerprint density at radius 1 is 0.889 bits per heavy atom. The number of nitrogens with zero attached hydrogens (tertiary/aromatic N) is 2. The van der Waals surface area contributed by atoms with Crippen LogP contribution in [0.25, 0.3) is 0 Å². The van der Waals surface area contributed by atoms with Gasteiger partial charge in [0.05, 0.1) is 21.9 Å². The summed E-state index contributed by atoms with van der Waals surface area (Å²) in [4.78, 5) is 27.0. The maximum absolute atomic E-state index is 13.6. The molecular formula is C24H22ClN3O6S2. The van der Waals surface area contributed by atoms with E-state index in [1.165, 1.54) is 36.4 Å². The average Bonchev–Trinajstić information content (AvgIpc) is 3.12. The summed E-state index contributed by atoms with van der Waals surface area (Å²) in [5.41, 5.74) is 0.884. The third kappa shape index (κ3) is 5.35. The zero-order chi connectivity index (χ0) is 26.1. The number of carbonyl (C=O) groups excluding carboxylic acids is 2. The van der Waals surface area contributed by atoms with Gasteiger partial charge in [0, 0.05) is 11.6 Å². The number of carbonyl (C=O) groups is 2. The van der Waals surface area contributed by atoms with Crippen LogP contribution >= 0.6 is 11.6 Å². The molecule has 188 valence electrons. The second-order valence-electron chi connectivity index (χ2n) is 8.13. The van der Waals surface area contributed by atoms with Gasteiger partial charge >= 0.3 is 0 Å². The van der Waals surface area contributed by atoms with Crippen molar-refractivity contribution in [1.29, 1.82) is 0 Å². The first-order chi connectivity index (χ1) is 17.0. The molecule has 1 aliphatic heterocycles. The third-order valence-electron chi connectivity index (χ3n) is 5.75. The van der Waals surface area contributed by atoms with E-state index in [-0.39, 0.29) is 34.9 Å². The number of halogens is 1. The molecular weight excluding hydrogens is 526 g/mol. The molecule has 2 amide bonds. The van der Waals surface area contributed by atoms with Crippen molar-refractivity contribution < 1.29 is 26.4 Å². The third-order valence-corrected chi connectivity index (χ3v) is 8.84. The van der Waals surface area contributed by atoms with E-state index < -0.39 is 37.9 Å². The minimum atomic E-state index is -4.15. The summed E-state index contributed by atoms with van der Waals surface area (Å²) in [5, 5.41) is 5.61. The topological polar surface area (TPSA) is 135 Å². The molecule has 0 spiro atoms. The van der Waals surface area contributed by atoms with Crippen molar-refractivity contribution in [1.82, 2.24) is 4.31 Å². The Balaban J connectivity index is 1.68. The zero-order valence-corrected chi connectivity index (χ0v) is 21.2. The van der Waals surface area contributed by atoms with E-state index in [4.69, 9.17) is 16.7 Å². The fourth-order valence-electron chi connectivity index (χ4n) is 4.00. The molecule has 4 rings (SSSR count). The Bertz CT molecular complexity index is 1510. The Kier molecular flexibility index (Phi) is 7.30. The number of benzene rings is 3. The van der Waals surface area contributed by atoms with Crippen LogP contribution < -0.4 is 10.0 Å². The molecule has 2 N–H and O–H groups in total. The Hall–Kier alpha value is -3.09. The molecule has 1 saturated heterocycles. The highest BCUT2D eigenvalue weighted by atomic mass is 35.5. The second kappa shape index (κ2) is 10.1. The molecule has 3 aromatic rings. The predicted molar refractivity (Wildman–Crippen MR) is 134 cm³/mol. The summed E-state index contributed by atoms with van der Waals surface area (Å²) in [7, 11) is -8.11. The fraction of sp³-hybridized carbons (Fsp3) is 0.167. The summed E-state index contributed by atoms with van der Waals surface area (Å²) >= 11 is 6.06. The highest BCUT2D eigenvalue weighted by molar-refractivity contribution is 7.89. The molecule has 1 aliphatic rings. The van der Waals surface area contributed by atoms with Crippen LogP contribution in [0.3, 0.4) is 0 Å². The largest absolute Gasteiger partial charge is 0.274 e.